The molecule has 140 valence electrons. The standard InChI is InChI=1S/C22H22O5/c1-2-25-22(24)27-20-14-10-17(11-15-20)21(23)16-8-12-19(13-9-16)26-18-6-4-3-5-7-18/h2,8-15,18H,1,3-7H2. The maximum Gasteiger partial charge on any atom is 0.518 e. The van der Waals surface area contributed by atoms with Crippen LogP contribution >= 0.6 is 0 Å². The van der Waals surface area contributed by atoms with Gasteiger partial charge in [0.25, 0.3) is 0 Å². The van der Waals surface area contributed by atoms with E-state index in [0.717, 1.165) is 24.9 Å². The van der Waals surface area contributed by atoms with E-state index in [1.54, 1.807) is 24.3 Å². The first-order valence-corrected chi connectivity index (χ1v) is 9.06. The minimum Gasteiger partial charge on any atom is -0.490 e. The van der Waals surface area contributed by atoms with Gasteiger partial charge in [0.2, 0.25) is 0 Å². The third-order valence-electron chi connectivity index (χ3n) is 4.47. The highest BCUT2D eigenvalue weighted by Gasteiger charge is 2.15. The Bertz CT molecular complexity index is 786. The topological polar surface area (TPSA) is 61.8 Å². The highest BCUT2D eigenvalue weighted by atomic mass is 16.7. The fourth-order valence-corrected chi connectivity index (χ4v) is 3.09. The van der Waals surface area contributed by atoms with E-state index < -0.39 is 6.16 Å². The molecule has 0 spiro atoms. The Labute approximate surface area is 158 Å². The summed E-state index contributed by atoms with van der Waals surface area (Å²) >= 11 is 0. The van der Waals surface area contributed by atoms with Crippen LogP contribution in [0.3, 0.4) is 0 Å². The maximum atomic E-state index is 12.6. The van der Waals surface area contributed by atoms with Crippen molar-refractivity contribution in [1.29, 1.82) is 0 Å². The van der Waals surface area contributed by atoms with Gasteiger partial charge in [-0.05, 0) is 74.2 Å². The number of hydrogen-bond acceptors (Lipinski definition) is 5. The molecular weight excluding hydrogens is 344 g/mol. The first-order chi connectivity index (χ1) is 13.2. The third kappa shape index (κ3) is 5.20. The molecule has 5 heteroatoms. The Morgan fingerprint density at radius 3 is 1.96 bits per heavy atom. The second kappa shape index (κ2) is 9.03. The van der Waals surface area contributed by atoms with Crippen LogP contribution < -0.4 is 9.47 Å². The van der Waals surface area contributed by atoms with Crippen LogP contribution in [-0.4, -0.2) is 18.0 Å². The van der Waals surface area contributed by atoms with Gasteiger partial charge in [0, 0.05) is 11.1 Å². The van der Waals surface area contributed by atoms with Gasteiger partial charge in [0.1, 0.15) is 11.5 Å². The molecule has 0 amide bonds. The van der Waals surface area contributed by atoms with Crippen LogP contribution in [0.15, 0.2) is 61.4 Å². The van der Waals surface area contributed by atoms with Crippen LogP contribution in [0.4, 0.5) is 4.79 Å². The molecule has 0 radical (unpaired) electrons. The minimum atomic E-state index is -0.877. The fourth-order valence-electron chi connectivity index (χ4n) is 3.09. The molecule has 0 saturated heterocycles. The average molecular weight is 366 g/mol. The first-order valence-electron chi connectivity index (χ1n) is 9.06. The smallest absolute Gasteiger partial charge is 0.490 e. The normalized spacial score (nSPS) is 14.2. The number of ether oxygens (including phenoxy) is 3. The number of benzene rings is 2. The summed E-state index contributed by atoms with van der Waals surface area (Å²) in [6.45, 7) is 3.28. The van der Waals surface area contributed by atoms with Crippen LogP contribution in [0.5, 0.6) is 11.5 Å². The van der Waals surface area contributed by atoms with Gasteiger partial charge < -0.3 is 14.2 Å². The Morgan fingerprint density at radius 1 is 0.852 bits per heavy atom. The maximum absolute atomic E-state index is 12.6. The lowest BCUT2D eigenvalue weighted by molar-refractivity contribution is 0.103. The van der Waals surface area contributed by atoms with E-state index in [1.165, 1.54) is 31.4 Å². The Hall–Kier alpha value is -3.08. The summed E-state index contributed by atoms with van der Waals surface area (Å²) in [6.07, 6.45) is 6.29. The molecule has 3 rings (SSSR count). The van der Waals surface area contributed by atoms with Crippen molar-refractivity contribution < 1.29 is 23.8 Å². The molecule has 0 atom stereocenters. The Morgan fingerprint density at radius 2 is 1.41 bits per heavy atom. The van der Waals surface area contributed by atoms with Crippen LogP contribution in [0.2, 0.25) is 0 Å². The Kier molecular flexibility index (Phi) is 6.26. The molecule has 0 unspecified atom stereocenters. The largest absolute Gasteiger partial charge is 0.518 e. The zero-order valence-corrected chi connectivity index (χ0v) is 15.1. The predicted octanol–water partition coefficient (Wildman–Crippen LogP) is 5.29. The van der Waals surface area contributed by atoms with Gasteiger partial charge in [-0.2, -0.15) is 0 Å². The molecule has 5 nitrogen and oxygen atoms in total. The van der Waals surface area contributed by atoms with E-state index in [-0.39, 0.29) is 17.6 Å². The van der Waals surface area contributed by atoms with E-state index in [1.807, 2.05) is 12.1 Å². The lowest BCUT2D eigenvalue weighted by Gasteiger charge is -2.23. The molecule has 0 bridgehead atoms. The first kappa shape index (κ1) is 18.7. The van der Waals surface area contributed by atoms with Crippen molar-refractivity contribution in [3.05, 3.63) is 72.5 Å². The van der Waals surface area contributed by atoms with Crippen molar-refractivity contribution in [1.82, 2.24) is 0 Å². The minimum absolute atomic E-state index is 0.112. The van der Waals surface area contributed by atoms with E-state index in [0.29, 0.717) is 11.1 Å². The molecule has 27 heavy (non-hydrogen) atoms. The molecule has 0 aliphatic heterocycles. The molecule has 1 aliphatic carbocycles. The van der Waals surface area contributed by atoms with Crippen molar-refractivity contribution >= 4 is 11.9 Å². The van der Waals surface area contributed by atoms with Gasteiger partial charge >= 0.3 is 6.16 Å². The van der Waals surface area contributed by atoms with Crippen LogP contribution in [-0.2, 0) is 4.74 Å². The number of rotatable bonds is 6. The van der Waals surface area contributed by atoms with Crippen molar-refractivity contribution in [3.63, 3.8) is 0 Å². The van der Waals surface area contributed by atoms with Crippen molar-refractivity contribution in [2.75, 3.05) is 0 Å². The van der Waals surface area contributed by atoms with Gasteiger partial charge in [-0.25, -0.2) is 4.79 Å². The van der Waals surface area contributed by atoms with Crippen molar-refractivity contribution in [2.24, 2.45) is 0 Å². The van der Waals surface area contributed by atoms with E-state index in [4.69, 9.17) is 9.47 Å². The van der Waals surface area contributed by atoms with Crippen LogP contribution in [0.1, 0.15) is 48.0 Å². The van der Waals surface area contributed by atoms with Gasteiger partial charge in [-0.15, -0.1) is 0 Å². The summed E-state index contributed by atoms with van der Waals surface area (Å²) in [4.78, 5) is 23.8. The number of carbonyl (C=O) groups is 2. The summed E-state index contributed by atoms with van der Waals surface area (Å²) in [5, 5.41) is 0. The fraction of sp³-hybridized carbons (Fsp3) is 0.273. The van der Waals surface area contributed by atoms with Crippen molar-refractivity contribution in [2.45, 2.75) is 38.2 Å². The number of hydrogen-bond donors (Lipinski definition) is 0. The SMILES string of the molecule is C=COC(=O)Oc1ccc(C(=O)c2ccc(OC3CCCCC3)cc2)cc1. The van der Waals surface area contributed by atoms with Gasteiger partial charge in [0.05, 0.1) is 12.4 Å². The summed E-state index contributed by atoms with van der Waals surface area (Å²) in [5.41, 5.74) is 1.08. The van der Waals surface area contributed by atoms with E-state index in [9.17, 15) is 9.59 Å². The Balaban J connectivity index is 1.61. The quantitative estimate of drug-likeness (QED) is 0.301. The summed E-state index contributed by atoms with van der Waals surface area (Å²) in [5.74, 6) is 0.969. The second-order valence-corrected chi connectivity index (χ2v) is 6.39. The predicted molar refractivity (Wildman–Crippen MR) is 101 cm³/mol. The summed E-state index contributed by atoms with van der Waals surface area (Å²) < 4.78 is 15.4. The molecule has 2 aromatic carbocycles. The van der Waals surface area contributed by atoms with Gasteiger partial charge in [0.15, 0.2) is 5.78 Å². The van der Waals surface area contributed by atoms with Gasteiger partial charge in [-0.1, -0.05) is 13.0 Å². The molecule has 1 saturated carbocycles. The van der Waals surface area contributed by atoms with E-state index in [2.05, 4.69) is 11.3 Å². The molecule has 1 aliphatic rings. The van der Waals surface area contributed by atoms with Crippen LogP contribution in [0, 0.1) is 0 Å². The molecule has 2 aromatic rings. The zero-order chi connectivity index (χ0) is 19.1. The molecule has 0 heterocycles. The lowest BCUT2D eigenvalue weighted by atomic mass is 9.98. The highest BCUT2D eigenvalue weighted by molar-refractivity contribution is 6.09. The number of ketones is 1. The third-order valence-corrected chi connectivity index (χ3v) is 4.47. The van der Waals surface area contributed by atoms with Crippen LogP contribution in [0.25, 0.3) is 0 Å². The molecule has 0 aromatic heterocycles. The van der Waals surface area contributed by atoms with Gasteiger partial charge in [-0.3, -0.25) is 4.79 Å². The van der Waals surface area contributed by atoms with E-state index >= 15 is 0 Å². The summed E-state index contributed by atoms with van der Waals surface area (Å²) in [6, 6.07) is 13.5. The van der Waals surface area contributed by atoms with Crippen molar-refractivity contribution in [3.8, 4) is 11.5 Å². The average Bonchev–Trinajstić information content (AvgIpc) is 2.70. The number of carbonyl (C=O) groups excluding carboxylic acids is 2. The molecule has 1 fully saturated rings. The molecule has 0 N–H and O–H groups in total. The lowest BCUT2D eigenvalue weighted by Crippen LogP contribution is -2.19. The molecular formula is C22H22O5. The highest BCUT2D eigenvalue weighted by Crippen LogP contribution is 2.24. The summed E-state index contributed by atoms with van der Waals surface area (Å²) in [7, 11) is 0. The zero-order valence-electron chi connectivity index (χ0n) is 15.1. The second-order valence-electron chi connectivity index (χ2n) is 6.39. The monoisotopic (exact) mass is 366 g/mol.